The Morgan fingerprint density at radius 1 is 1.50 bits per heavy atom. The number of likely N-dealkylation sites (tertiary alicyclic amines) is 1. The van der Waals surface area contributed by atoms with Crippen LogP contribution in [0.5, 0.6) is 0 Å². The fraction of sp³-hybridized carbons (Fsp3) is 0.500. The molecule has 0 saturated carbocycles. The summed E-state index contributed by atoms with van der Waals surface area (Å²) in [6, 6.07) is 6.33. The quantitative estimate of drug-likeness (QED) is 0.905. The van der Waals surface area contributed by atoms with Gasteiger partial charge in [-0.3, -0.25) is 4.79 Å². The molecular formula is C16H20FN3O2. The number of piperidine rings is 1. The maximum absolute atomic E-state index is 13.1. The molecule has 1 saturated heterocycles. The van der Waals surface area contributed by atoms with Crippen LogP contribution in [0, 0.1) is 17.1 Å². The van der Waals surface area contributed by atoms with Gasteiger partial charge in [-0.05, 0) is 31.0 Å². The number of nitrogens with zero attached hydrogens (tertiary/aromatic N) is 2. The van der Waals surface area contributed by atoms with Gasteiger partial charge >= 0.3 is 0 Å². The minimum absolute atomic E-state index is 0.111. The Labute approximate surface area is 129 Å². The Morgan fingerprint density at radius 3 is 2.86 bits per heavy atom. The molecule has 1 N–H and O–H groups in total. The molecule has 5 nitrogen and oxygen atoms in total. The molecule has 1 fully saturated rings. The van der Waals surface area contributed by atoms with Gasteiger partial charge in [0.25, 0.3) is 0 Å². The van der Waals surface area contributed by atoms with Crippen molar-refractivity contribution in [1.82, 2.24) is 4.90 Å². The highest BCUT2D eigenvalue weighted by atomic mass is 19.1. The predicted molar refractivity (Wildman–Crippen MR) is 80.8 cm³/mol. The number of nitriles is 1. The third-order valence-electron chi connectivity index (χ3n) is 3.83. The molecule has 6 heteroatoms. The zero-order valence-electron chi connectivity index (χ0n) is 12.6. The van der Waals surface area contributed by atoms with Crippen LogP contribution in [-0.2, 0) is 9.53 Å². The second kappa shape index (κ2) is 7.76. The largest absolute Gasteiger partial charge is 0.384 e. The number of hydrogen-bond donors (Lipinski definition) is 1. The van der Waals surface area contributed by atoms with Crippen molar-refractivity contribution in [3.8, 4) is 6.07 Å². The van der Waals surface area contributed by atoms with Gasteiger partial charge in [-0.2, -0.15) is 5.26 Å². The number of amides is 1. The molecule has 1 aromatic carbocycles. The lowest BCUT2D eigenvalue weighted by Gasteiger charge is -2.33. The standard InChI is InChI=1S/C16H20FN3O2/c1-22-9-6-16(21)20-7-4-14(5-8-20)19-15-3-2-13(17)10-12(15)11-18/h2-3,10,14,19H,4-9H2,1H3. The van der Waals surface area contributed by atoms with E-state index in [1.54, 1.807) is 13.2 Å². The Balaban J connectivity index is 1.88. The van der Waals surface area contributed by atoms with Gasteiger partial charge in [0.2, 0.25) is 5.91 Å². The molecule has 1 aliphatic heterocycles. The summed E-state index contributed by atoms with van der Waals surface area (Å²) < 4.78 is 18.0. The van der Waals surface area contributed by atoms with Gasteiger partial charge in [0, 0.05) is 26.2 Å². The van der Waals surface area contributed by atoms with E-state index in [0.29, 0.717) is 37.4 Å². The Kier molecular flexibility index (Phi) is 5.73. The van der Waals surface area contributed by atoms with Crippen molar-refractivity contribution in [2.75, 3.05) is 32.1 Å². The number of carbonyl (C=O) groups is 1. The molecule has 1 heterocycles. The number of ether oxygens (including phenoxy) is 1. The first-order chi connectivity index (χ1) is 10.6. The van der Waals surface area contributed by atoms with Crippen molar-refractivity contribution in [1.29, 1.82) is 5.26 Å². The lowest BCUT2D eigenvalue weighted by molar-refractivity contribution is -0.133. The number of benzene rings is 1. The molecule has 1 aliphatic rings. The van der Waals surface area contributed by atoms with Crippen LogP contribution in [0.4, 0.5) is 10.1 Å². The molecule has 118 valence electrons. The molecular weight excluding hydrogens is 285 g/mol. The summed E-state index contributed by atoms with van der Waals surface area (Å²) in [7, 11) is 1.58. The molecule has 0 aliphatic carbocycles. The van der Waals surface area contributed by atoms with E-state index < -0.39 is 5.82 Å². The molecule has 1 amide bonds. The average Bonchev–Trinajstić information content (AvgIpc) is 2.54. The zero-order chi connectivity index (χ0) is 15.9. The number of methoxy groups -OCH3 is 1. The third-order valence-corrected chi connectivity index (χ3v) is 3.83. The first-order valence-electron chi connectivity index (χ1n) is 7.37. The Morgan fingerprint density at radius 2 is 2.23 bits per heavy atom. The number of nitrogens with one attached hydrogen (secondary N) is 1. The number of rotatable bonds is 5. The fourth-order valence-electron chi connectivity index (χ4n) is 2.58. The maximum Gasteiger partial charge on any atom is 0.224 e. The molecule has 0 aromatic heterocycles. The number of anilines is 1. The minimum atomic E-state index is -0.416. The molecule has 0 unspecified atom stereocenters. The van der Waals surface area contributed by atoms with E-state index in [4.69, 9.17) is 10.00 Å². The predicted octanol–water partition coefficient (Wildman–Crippen LogP) is 2.14. The number of carbonyl (C=O) groups excluding carboxylic acids is 1. The highest BCUT2D eigenvalue weighted by Gasteiger charge is 2.22. The summed E-state index contributed by atoms with van der Waals surface area (Å²) in [4.78, 5) is 13.7. The smallest absolute Gasteiger partial charge is 0.224 e. The topological polar surface area (TPSA) is 65.4 Å². The van der Waals surface area contributed by atoms with Gasteiger partial charge in [-0.25, -0.2) is 4.39 Å². The summed E-state index contributed by atoms with van der Waals surface area (Å²) in [5.41, 5.74) is 0.951. The normalized spacial score (nSPS) is 15.4. The van der Waals surface area contributed by atoms with Gasteiger partial charge in [0.05, 0.1) is 24.3 Å². The van der Waals surface area contributed by atoms with Crippen molar-refractivity contribution >= 4 is 11.6 Å². The monoisotopic (exact) mass is 305 g/mol. The van der Waals surface area contributed by atoms with Crippen LogP contribution in [0.2, 0.25) is 0 Å². The van der Waals surface area contributed by atoms with E-state index in [2.05, 4.69) is 5.32 Å². The molecule has 0 bridgehead atoms. The fourth-order valence-corrected chi connectivity index (χ4v) is 2.58. The molecule has 0 atom stereocenters. The van der Waals surface area contributed by atoms with E-state index in [9.17, 15) is 9.18 Å². The average molecular weight is 305 g/mol. The van der Waals surface area contributed by atoms with E-state index in [0.717, 1.165) is 12.8 Å². The Hall–Kier alpha value is -2.13. The van der Waals surface area contributed by atoms with Crippen molar-refractivity contribution in [3.63, 3.8) is 0 Å². The second-order valence-electron chi connectivity index (χ2n) is 5.34. The van der Waals surface area contributed by atoms with E-state index in [1.807, 2.05) is 11.0 Å². The van der Waals surface area contributed by atoms with Crippen LogP contribution < -0.4 is 5.32 Å². The van der Waals surface area contributed by atoms with Gasteiger partial charge in [-0.15, -0.1) is 0 Å². The lowest BCUT2D eigenvalue weighted by Crippen LogP contribution is -2.42. The first kappa shape index (κ1) is 16.2. The van der Waals surface area contributed by atoms with Crippen LogP contribution in [0.1, 0.15) is 24.8 Å². The SMILES string of the molecule is COCCC(=O)N1CCC(Nc2ccc(F)cc2C#N)CC1. The minimum Gasteiger partial charge on any atom is -0.384 e. The molecule has 22 heavy (non-hydrogen) atoms. The second-order valence-corrected chi connectivity index (χ2v) is 5.34. The number of halogens is 1. The van der Waals surface area contributed by atoms with Crippen LogP contribution in [0.25, 0.3) is 0 Å². The van der Waals surface area contributed by atoms with E-state index in [1.165, 1.54) is 12.1 Å². The number of hydrogen-bond acceptors (Lipinski definition) is 4. The summed E-state index contributed by atoms with van der Waals surface area (Å²) in [5, 5.41) is 12.3. The molecule has 0 spiro atoms. The highest BCUT2D eigenvalue weighted by molar-refractivity contribution is 5.76. The highest BCUT2D eigenvalue weighted by Crippen LogP contribution is 2.21. The molecule has 0 radical (unpaired) electrons. The summed E-state index contributed by atoms with van der Waals surface area (Å²) >= 11 is 0. The van der Waals surface area contributed by atoms with E-state index in [-0.39, 0.29) is 11.9 Å². The summed E-state index contributed by atoms with van der Waals surface area (Å²) in [6.07, 6.45) is 2.02. The Bertz CT molecular complexity index is 563. The lowest BCUT2D eigenvalue weighted by atomic mass is 10.0. The van der Waals surface area contributed by atoms with Gasteiger partial charge in [0.1, 0.15) is 11.9 Å². The van der Waals surface area contributed by atoms with Crippen molar-refractivity contribution < 1.29 is 13.9 Å². The van der Waals surface area contributed by atoms with Crippen molar-refractivity contribution in [3.05, 3.63) is 29.6 Å². The van der Waals surface area contributed by atoms with Crippen molar-refractivity contribution in [2.45, 2.75) is 25.3 Å². The van der Waals surface area contributed by atoms with Gasteiger partial charge in [-0.1, -0.05) is 0 Å². The van der Waals surface area contributed by atoms with Gasteiger partial charge < -0.3 is 15.0 Å². The molecule has 2 rings (SSSR count). The van der Waals surface area contributed by atoms with Gasteiger partial charge in [0.15, 0.2) is 0 Å². The maximum atomic E-state index is 13.1. The summed E-state index contributed by atoms with van der Waals surface area (Å²) in [6.45, 7) is 1.81. The van der Waals surface area contributed by atoms with Crippen molar-refractivity contribution in [2.24, 2.45) is 0 Å². The van der Waals surface area contributed by atoms with Crippen LogP contribution in [0.15, 0.2) is 18.2 Å². The molecule has 1 aromatic rings. The zero-order valence-corrected chi connectivity index (χ0v) is 12.6. The third kappa shape index (κ3) is 4.18. The van der Waals surface area contributed by atoms with Crippen LogP contribution >= 0.6 is 0 Å². The van der Waals surface area contributed by atoms with Crippen LogP contribution in [0.3, 0.4) is 0 Å². The summed E-state index contributed by atoms with van der Waals surface area (Å²) in [5.74, 6) is -0.305. The van der Waals surface area contributed by atoms with E-state index >= 15 is 0 Å². The first-order valence-corrected chi connectivity index (χ1v) is 7.37. The van der Waals surface area contributed by atoms with Crippen LogP contribution in [-0.4, -0.2) is 43.7 Å².